The maximum Gasteiger partial charge on any atom is 0.573 e. The molecule has 9 heteroatoms. The highest BCUT2D eigenvalue weighted by Gasteiger charge is 2.32. The maximum atomic E-state index is 12.6. The number of nitrogens with zero attached hydrogens (tertiary/aromatic N) is 1. The van der Waals surface area contributed by atoms with Crippen LogP contribution in [0.3, 0.4) is 0 Å². The zero-order valence-corrected chi connectivity index (χ0v) is 14.8. The number of carbonyl (C=O) groups is 2. The quantitative estimate of drug-likeness (QED) is 0.836. The highest BCUT2D eigenvalue weighted by molar-refractivity contribution is 6.11. The average molecular weight is 394 g/mol. The van der Waals surface area contributed by atoms with Gasteiger partial charge in [-0.1, -0.05) is 18.2 Å². The predicted molar refractivity (Wildman–Crippen MR) is 94.9 cm³/mol. The van der Waals surface area contributed by atoms with Crippen molar-refractivity contribution in [2.45, 2.75) is 18.8 Å². The Kier molecular flexibility index (Phi) is 5.28. The molecule has 2 amide bonds. The lowest BCUT2D eigenvalue weighted by Crippen LogP contribution is -2.45. The molecule has 0 aliphatic carbocycles. The van der Waals surface area contributed by atoms with Crippen LogP contribution in [0.5, 0.6) is 5.75 Å². The van der Waals surface area contributed by atoms with E-state index in [1.54, 1.807) is 18.2 Å². The molecule has 28 heavy (non-hydrogen) atoms. The van der Waals surface area contributed by atoms with Crippen LogP contribution in [0, 0.1) is 0 Å². The van der Waals surface area contributed by atoms with E-state index in [2.05, 4.69) is 10.1 Å². The Balaban J connectivity index is 1.92. The summed E-state index contributed by atoms with van der Waals surface area (Å²) in [7, 11) is 1.54. The Labute approximate surface area is 158 Å². The van der Waals surface area contributed by atoms with Gasteiger partial charge in [-0.05, 0) is 41.8 Å². The first-order valence-corrected chi connectivity index (χ1v) is 8.39. The summed E-state index contributed by atoms with van der Waals surface area (Å²) in [5.41, 5.74) is 1.83. The molecule has 0 fully saturated rings. The number of aliphatic hydroxyl groups is 1. The van der Waals surface area contributed by atoms with E-state index in [4.69, 9.17) is 5.11 Å². The van der Waals surface area contributed by atoms with Crippen LogP contribution in [0.1, 0.15) is 16.8 Å². The molecule has 1 unspecified atom stereocenters. The number of nitrogens with one attached hydrogen (secondary N) is 1. The fourth-order valence-corrected chi connectivity index (χ4v) is 3.01. The average Bonchev–Trinajstić information content (AvgIpc) is 2.72. The molecule has 1 aliphatic heterocycles. The SMILES string of the molecule is CN1C(=O)C(CCO)NC(=O)c2cc(-c3ccc(OC(F)(F)F)cc3)ccc21. The lowest BCUT2D eigenvalue weighted by atomic mass is 10.0. The van der Waals surface area contributed by atoms with Crippen LogP contribution in [-0.4, -0.2) is 43.0 Å². The van der Waals surface area contributed by atoms with Gasteiger partial charge in [0.15, 0.2) is 0 Å². The highest BCUT2D eigenvalue weighted by atomic mass is 19.4. The fraction of sp³-hybridized carbons (Fsp3) is 0.263. The molecule has 0 radical (unpaired) electrons. The summed E-state index contributed by atoms with van der Waals surface area (Å²) in [6.07, 6.45) is -4.68. The Morgan fingerprint density at radius 3 is 2.36 bits per heavy atom. The van der Waals surface area contributed by atoms with E-state index in [-0.39, 0.29) is 30.2 Å². The van der Waals surface area contributed by atoms with Gasteiger partial charge in [0.05, 0.1) is 11.3 Å². The first-order valence-electron chi connectivity index (χ1n) is 8.39. The summed E-state index contributed by atoms with van der Waals surface area (Å²) in [6, 6.07) is 9.25. The number of aliphatic hydroxyl groups excluding tert-OH is 1. The van der Waals surface area contributed by atoms with Crippen molar-refractivity contribution < 1.29 is 32.6 Å². The van der Waals surface area contributed by atoms with Crippen molar-refractivity contribution >= 4 is 17.5 Å². The standard InChI is InChI=1S/C19H17F3N2O4/c1-24-16-7-4-12(11-2-5-13(6-3-11)28-19(20,21)22)10-14(16)17(26)23-15(8-9-25)18(24)27/h2-7,10,15,25H,8-9H2,1H3,(H,23,26). The van der Waals surface area contributed by atoms with E-state index < -0.39 is 18.3 Å². The lowest BCUT2D eigenvalue weighted by molar-refractivity contribution is -0.274. The van der Waals surface area contributed by atoms with E-state index >= 15 is 0 Å². The molecule has 2 N–H and O–H groups in total. The molecule has 0 aromatic heterocycles. The summed E-state index contributed by atoms with van der Waals surface area (Å²) in [5.74, 6) is -1.16. The molecule has 6 nitrogen and oxygen atoms in total. The van der Waals surface area contributed by atoms with Crippen molar-refractivity contribution in [2.24, 2.45) is 0 Å². The number of alkyl halides is 3. The van der Waals surface area contributed by atoms with Gasteiger partial charge in [-0.25, -0.2) is 0 Å². The van der Waals surface area contributed by atoms with Gasteiger partial charge < -0.3 is 20.1 Å². The number of benzene rings is 2. The number of hydrogen-bond donors (Lipinski definition) is 2. The normalized spacial score (nSPS) is 17.0. The summed E-state index contributed by atoms with van der Waals surface area (Å²) in [4.78, 5) is 26.3. The number of likely N-dealkylation sites (N-methyl/N-ethyl adjacent to an activating group) is 1. The molecule has 0 spiro atoms. The molecule has 0 saturated heterocycles. The number of rotatable bonds is 4. The van der Waals surface area contributed by atoms with E-state index in [0.717, 1.165) is 0 Å². The summed E-state index contributed by atoms with van der Waals surface area (Å²) in [6.45, 7) is -0.252. The molecule has 2 aromatic carbocycles. The summed E-state index contributed by atoms with van der Waals surface area (Å²) in [5, 5.41) is 11.7. The molecule has 1 atom stereocenters. The molecule has 1 heterocycles. The molecular formula is C19H17F3N2O4. The van der Waals surface area contributed by atoms with Crippen molar-refractivity contribution in [3.05, 3.63) is 48.0 Å². The largest absolute Gasteiger partial charge is 0.573 e. The minimum Gasteiger partial charge on any atom is -0.406 e. The number of hydrogen-bond acceptors (Lipinski definition) is 4. The van der Waals surface area contributed by atoms with Crippen LogP contribution in [0.15, 0.2) is 42.5 Å². The van der Waals surface area contributed by atoms with Gasteiger partial charge >= 0.3 is 6.36 Å². The molecule has 0 bridgehead atoms. The van der Waals surface area contributed by atoms with Crippen LogP contribution < -0.4 is 15.0 Å². The van der Waals surface area contributed by atoms with Crippen molar-refractivity contribution in [1.29, 1.82) is 0 Å². The van der Waals surface area contributed by atoms with Crippen LogP contribution in [-0.2, 0) is 4.79 Å². The monoisotopic (exact) mass is 394 g/mol. The number of carbonyl (C=O) groups excluding carboxylic acids is 2. The minimum atomic E-state index is -4.77. The summed E-state index contributed by atoms with van der Waals surface area (Å²) >= 11 is 0. The van der Waals surface area contributed by atoms with Crippen LogP contribution in [0.2, 0.25) is 0 Å². The molecule has 148 valence electrons. The van der Waals surface area contributed by atoms with E-state index in [1.807, 2.05) is 0 Å². The van der Waals surface area contributed by atoms with E-state index in [1.165, 1.54) is 36.2 Å². The van der Waals surface area contributed by atoms with Crippen LogP contribution in [0.4, 0.5) is 18.9 Å². The van der Waals surface area contributed by atoms with Crippen molar-refractivity contribution in [2.75, 3.05) is 18.6 Å². The van der Waals surface area contributed by atoms with Gasteiger partial charge in [-0.15, -0.1) is 13.2 Å². The van der Waals surface area contributed by atoms with Crippen LogP contribution >= 0.6 is 0 Å². The zero-order valence-electron chi connectivity index (χ0n) is 14.8. The molecule has 2 aromatic rings. The number of ether oxygens (including phenoxy) is 1. The zero-order chi connectivity index (χ0) is 20.5. The molecule has 0 saturated carbocycles. The van der Waals surface area contributed by atoms with Gasteiger partial charge in [0.1, 0.15) is 11.8 Å². The Bertz CT molecular complexity index is 897. The van der Waals surface area contributed by atoms with E-state index in [9.17, 15) is 22.8 Å². The second kappa shape index (κ2) is 7.51. The Hall–Kier alpha value is -3.07. The van der Waals surface area contributed by atoms with Gasteiger partial charge in [0.25, 0.3) is 5.91 Å². The maximum absolute atomic E-state index is 12.6. The number of halogens is 3. The van der Waals surface area contributed by atoms with Crippen LogP contribution in [0.25, 0.3) is 11.1 Å². The molecule has 3 rings (SSSR count). The smallest absolute Gasteiger partial charge is 0.406 e. The van der Waals surface area contributed by atoms with Gasteiger partial charge in [0.2, 0.25) is 5.91 Å². The second-order valence-electron chi connectivity index (χ2n) is 6.24. The third-order valence-corrected chi connectivity index (χ3v) is 4.38. The third kappa shape index (κ3) is 4.09. The topological polar surface area (TPSA) is 78.9 Å². The molecular weight excluding hydrogens is 377 g/mol. The fourth-order valence-electron chi connectivity index (χ4n) is 3.01. The minimum absolute atomic E-state index is 0.0937. The number of fused-ring (bicyclic) bond motifs is 1. The van der Waals surface area contributed by atoms with Crippen molar-refractivity contribution in [1.82, 2.24) is 5.32 Å². The van der Waals surface area contributed by atoms with Crippen molar-refractivity contribution in [3.63, 3.8) is 0 Å². The van der Waals surface area contributed by atoms with Gasteiger partial charge in [-0.3, -0.25) is 9.59 Å². The molecule has 1 aliphatic rings. The van der Waals surface area contributed by atoms with Gasteiger partial charge in [-0.2, -0.15) is 0 Å². The Morgan fingerprint density at radius 1 is 1.11 bits per heavy atom. The predicted octanol–water partition coefficient (Wildman–Crippen LogP) is 2.71. The lowest BCUT2D eigenvalue weighted by Gasteiger charge is -2.20. The van der Waals surface area contributed by atoms with Crippen molar-refractivity contribution in [3.8, 4) is 16.9 Å². The number of amides is 2. The third-order valence-electron chi connectivity index (χ3n) is 4.38. The highest BCUT2D eigenvalue weighted by Crippen LogP contribution is 2.31. The first kappa shape index (κ1) is 19.7. The first-order chi connectivity index (χ1) is 13.2. The van der Waals surface area contributed by atoms with Gasteiger partial charge in [0, 0.05) is 13.7 Å². The second-order valence-corrected chi connectivity index (χ2v) is 6.24. The summed E-state index contributed by atoms with van der Waals surface area (Å²) < 4.78 is 40.7. The van der Waals surface area contributed by atoms with E-state index in [0.29, 0.717) is 16.8 Å². The Morgan fingerprint density at radius 2 is 1.75 bits per heavy atom. The number of anilines is 1.